The summed E-state index contributed by atoms with van der Waals surface area (Å²) in [5.41, 5.74) is 0. The Hall–Kier alpha value is -1.01. The molecule has 1 rings (SSSR count). The van der Waals surface area contributed by atoms with Crippen molar-refractivity contribution < 1.29 is 14.6 Å². The third-order valence-corrected chi connectivity index (χ3v) is 3.79. The average molecular weight is 286 g/mol. The maximum absolute atomic E-state index is 9.40. The van der Waals surface area contributed by atoms with Crippen LogP contribution in [0.1, 0.15) is 32.6 Å². The summed E-state index contributed by atoms with van der Waals surface area (Å²) < 4.78 is 10.2. The fraction of sp³-hybridized carbons (Fsp3) is 0.692. The number of aliphatic hydroxyl groups excluding tert-OH is 1. The van der Waals surface area contributed by atoms with E-state index in [2.05, 4.69) is 16.9 Å². The second-order valence-electron chi connectivity index (χ2n) is 4.15. The van der Waals surface area contributed by atoms with Crippen LogP contribution in [0.5, 0.6) is 11.8 Å². The third kappa shape index (κ3) is 5.65. The van der Waals surface area contributed by atoms with E-state index < -0.39 is 0 Å². The van der Waals surface area contributed by atoms with Gasteiger partial charge in [-0.3, -0.25) is 0 Å². The number of aromatic nitrogens is 2. The van der Waals surface area contributed by atoms with Crippen molar-refractivity contribution in [2.75, 3.05) is 20.8 Å². The molecule has 108 valence electrons. The maximum Gasteiger partial charge on any atom is 0.220 e. The van der Waals surface area contributed by atoms with Crippen LogP contribution in [0, 0.1) is 0 Å². The van der Waals surface area contributed by atoms with Crippen LogP contribution in [0.2, 0.25) is 0 Å². The van der Waals surface area contributed by atoms with Crippen LogP contribution in [0.4, 0.5) is 0 Å². The Kier molecular flexibility index (Phi) is 7.59. The fourth-order valence-electron chi connectivity index (χ4n) is 1.60. The van der Waals surface area contributed by atoms with E-state index in [1.54, 1.807) is 20.3 Å². The quantitative estimate of drug-likeness (QED) is 0.427. The van der Waals surface area contributed by atoms with Gasteiger partial charge in [-0.25, -0.2) is 0 Å². The molecular weight excluding hydrogens is 264 g/mol. The molecule has 6 heteroatoms. The lowest BCUT2D eigenvalue weighted by atomic mass is 10.2. The number of thioether (sulfide) groups is 1. The first kappa shape index (κ1) is 16.0. The average Bonchev–Trinajstić information content (AvgIpc) is 2.45. The summed E-state index contributed by atoms with van der Waals surface area (Å²) in [6.07, 6.45) is 4.42. The minimum absolute atomic E-state index is 0.114. The van der Waals surface area contributed by atoms with E-state index in [1.807, 2.05) is 0 Å². The lowest BCUT2D eigenvalue weighted by Crippen LogP contribution is -2.09. The zero-order valence-corrected chi connectivity index (χ0v) is 12.6. The highest BCUT2D eigenvalue weighted by Crippen LogP contribution is 2.27. The topological polar surface area (TPSA) is 64.5 Å². The predicted molar refractivity (Wildman–Crippen MR) is 76.0 cm³/mol. The molecule has 0 aliphatic carbocycles. The van der Waals surface area contributed by atoms with Crippen molar-refractivity contribution in [2.24, 2.45) is 0 Å². The Balaban J connectivity index is 2.67. The van der Waals surface area contributed by atoms with Crippen LogP contribution >= 0.6 is 11.8 Å². The molecular formula is C13H22N2O3S. The number of aliphatic hydroxyl groups is 1. The second kappa shape index (κ2) is 8.98. The Morgan fingerprint density at radius 3 is 2.32 bits per heavy atom. The Labute approximate surface area is 118 Å². The Morgan fingerprint density at radius 1 is 1.21 bits per heavy atom. The largest absolute Gasteiger partial charge is 0.481 e. The minimum Gasteiger partial charge on any atom is -0.481 e. The number of methoxy groups -OCH3 is 2. The molecule has 0 aromatic carbocycles. The molecule has 0 radical (unpaired) electrons. The summed E-state index contributed by atoms with van der Waals surface area (Å²) in [7, 11) is 3.11. The molecule has 0 bridgehead atoms. The number of hydrogen-bond donors (Lipinski definition) is 1. The van der Waals surface area contributed by atoms with Gasteiger partial charge in [0.05, 0.1) is 26.9 Å². The van der Waals surface area contributed by atoms with Crippen LogP contribution in [0.15, 0.2) is 11.2 Å². The zero-order chi connectivity index (χ0) is 14.1. The lowest BCUT2D eigenvalue weighted by Gasteiger charge is -2.13. The van der Waals surface area contributed by atoms with Gasteiger partial charge in [0.2, 0.25) is 11.8 Å². The number of nitrogens with zero attached hydrogens (tertiary/aromatic N) is 2. The first-order valence-electron chi connectivity index (χ1n) is 6.48. The van der Waals surface area contributed by atoms with Crippen molar-refractivity contribution in [1.82, 2.24) is 9.97 Å². The van der Waals surface area contributed by atoms with Crippen molar-refractivity contribution in [1.29, 1.82) is 0 Å². The molecule has 0 spiro atoms. The van der Waals surface area contributed by atoms with Crippen molar-refractivity contribution in [2.45, 2.75) is 43.0 Å². The molecule has 1 aromatic rings. The van der Waals surface area contributed by atoms with E-state index in [0.717, 1.165) is 12.8 Å². The first-order chi connectivity index (χ1) is 9.23. The van der Waals surface area contributed by atoms with E-state index in [9.17, 15) is 5.11 Å². The normalized spacial score (nSPS) is 12.2. The summed E-state index contributed by atoms with van der Waals surface area (Å²) in [4.78, 5) is 8.51. The Bertz CT molecular complexity index is 355. The van der Waals surface area contributed by atoms with E-state index in [4.69, 9.17) is 9.47 Å². The predicted octanol–water partition coefficient (Wildman–Crippen LogP) is 2.53. The van der Waals surface area contributed by atoms with Gasteiger partial charge in [-0.15, -0.1) is 0 Å². The zero-order valence-electron chi connectivity index (χ0n) is 11.8. The smallest absolute Gasteiger partial charge is 0.220 e. The third-order valence-electron chi connectivity index (χ3n) is 2.68. The van der Waals surface area contributed by atoms with E-state index >= 15 is 0 Å². The SMILES string of the molecule is CCCCCC(CO)Sc1nc(OC)cc(OC)n1. The standard InChI is InChI=1S/C13H22N2O3S/c1-4-5-6-7-10(9-16)19-13-14-11(17-2)8-12(15-13)18-3/h8,10,16H,4-7,9H2,1-3H3. The highest BCUT2D eigenvalue weighted by Gasteiger charge is 2.13. The molecule has 1 unspecified atom stereocenters. The summed E-state index contributed by atoms with van der Waals surface area (Å²) in [6, 6.07) is 1.63. The maximum atomic E-state index is 9.40. The highest BCUT2D eigenvalue weighted by atomic mass is 32.2. The molecule has 0 aliphatic rings. The van der Waals surface area contributed by atoms with Crippen molar-refractivity contribution in [3.05, 3.63) is 6.07 Å². The Morgan fingerprint density at radius 2 is 1.84 bits per heavy atom. The molecule has 0 aliphatic heterocycles. The van der Waals surface area contributed by atoms with Crippen molar-refractivity contribution >= 4 is 11.8 Å². The number of unbranched alkanes of at least 4 members (excludes halogenated alkanes) is 2. The molecule has 19 heavy (non-hydrogen) atoms. The van der Waals surface area contributed by atoms with Crippen LogP contribution in [0.3, 0.4) is 0 Å². The fourth-order valence-corrected chi connectivity index (χ4v) is 2.55. The molecule has 0 fully saturated rings. The van der Waals surface area contributed by atoms with E-state index in [-0.39, 0.29) is 11.9 Å². The molecule has 0 saturated heterocycles. The lowest BCUT2D eigenvalue weighted by molar-refractivity contribution is 0.288. The van der Waals surface area contributed by atoms with Crippen LogP contribution < -0.4 is 9.47 Å². The summed E-state index contributed by atoms with van der Waals surface area (Å²) in [5.74, 6) is 0.944. The van der Waals surface area contributed by atoms with Crippen molar-refractivity contribution in [3.63, 3.8) is 0 Å². The summed E-state index contributed by atoms with van der Waals surface area (Å²) in [5, 5.41) is 10.1. The van der Waals surface area contributed by atoms with Gasteiger partial charge in [-0.2, -0.15) is 9.97 Å². The van der Waals surface area contributed by atoms with Crippen LogP contribution in [-0.2, 0) is 0 Å². The molecule has 0 amide bonds. The number of rotatable bonds is 9. The van der Waals surface area contributed by atoms with Gasteiger partial charge < -0.3 is 14.6 Å². The summed E-state index contributed by atoms with van der Waals surface area (Å²) in [6.45, 7) is 2.29. The van der Waals surface area contributed by atoms with E-state index in [1.165, 1.54) is 24.6 Å². The van der Waals surface area contributed by atoms with Crippen LogP contribution in [0.25, 0.3) is 0 Å². The number of ether oxygens (including phenoxy) is 2. The van der Waals surface area contributed by atoms with Gasteiger partial charge in [0, 0.05) is 5.25 Å². The summed E-state index contributed by atoms with van der Waals surface area (Å²) >= 11 is 1.47. The van der Waals surface area contributed by atoms with Crippen molar-refractivity contribution in [3.8, 4) is 11.8 Å². The molecule has 1 N–H and O–H groups in total. The van der Waals surface area contributed by atoms with Gasteiger partial charge in [-0.1, -0.05) is 37.9 Å². The van der Waals surface area contributed by atoms with Gasteiger partial charge in [0.15, 0.2) is 5.16 Å². The highest BCUT2D eigenvalue weighted by molar-refractivity contribution is 7.99. The number of hydrogen-bond acceptors (Lipinski definition) is 6. The van der Waals surface area contributed by atoms with Gasteiger partial charge in [-0.05, 0) is 6.42 Å². The minimum atomic E-state index is 0.114. The second-order valence-corrected chi connectivity index (χ2v) is 5.42. The van der Waals surface area contributed by atoms with Gasteiger partial charge in [0.25, 0.3) is 0 Å². The van der Waals surface area contributed by atoms with Crippen LogP contribution in [-0.4, -0.2) is 41.2 Å². The monoisotopic (exact) mass is 286 g/mol. The molecule has 1 aromatic heterocycles. The first-order valence-corrected chi connectivity index (χ1v) is 7.36. The molecule has 0 saturated carbocycles. The van der Waals surface area contributed by atoms with Gasteiger partial charge in [0.1, 0.15) is 0 Å². The van der Waals surface area contributed by atoms with E-state index in [0.29, 0.717) is 16.9 Å². The molecule has 1 heterocycles. The molecule has 5 nitrogen and oxygen atoms in total. The molecule has 1 atom stereocenters. The van der Waals surface area contributed by atoms with Gasteiger partial charge >= 0.3 is 0 Å².